The van der Waals surface area contributed by atoms with Crippen LogP contribution in [0.2, 0.25) is 0 Å². The lowest BCUT2D eigenvalue weighted by molar-refractivity contribution is 0.202. The van der Waals surface area contributed by atoms with E-state index in [2.05, 4.69) is 40.6 Å². The monoisotopic (exact) mass is 480 g/mol. The quantitative estimate of drug-likeness (QED) is 0.466. The summed E-state index contributed by atoms with van der Waals surface area (Å²) in [6.45, 7) is 2.15. The lowest BCUT2D eigenvalue weighted by atomic mass is 10.1. The van der Waals surface area contributed by atoms with Gasteiger partial charge in [0.15, 0.2) is 5.82 Å². The van der Waals surface area contributed by atoms with Crippen molar-refractivity contribution < 1.29 is 17.9 Å². The highest BCUT2D eigenvalue weighted by Gasteiger charge is 2.18. The number of nitrogens with two attached hydrogens (primary N) is 1. The fraction of sp³-hybridized carbons (Fsp3) is 0.176. The zero-order chi connectivity index (χ0) is 20.9. The first-order valence-corrected chi connectivity index (χ1v) is 10.6. The lowest BCUT2D eigenvalue weighted by Gasteiger charge is -2.14. The van der Waals surface area contributed by atoms with Crippen LogP contribution >= 0.6 is 15.9 Å². The molecule has 0 aliphatic rings. The smallest absolute Gasteiger partial charge is 0.316 e. The zero-order valence-electron chi connectivity index (χ0n) is 15.2. The lowest BCUT2D eigenvalue weighted by Crippen LogP contribution is -2.23. The van der Waals surface area contributed by atoms with Gasteiger partial charge in [-0.15, -0.1) is 0 Å². The van der Waals surface area contributed by atoms with Crippen LogP contribution < -0.4 is 19.3 Å². The van der Waals surface area contributed by atoms with Crippen molar-refractivity contribution in [2.75, 3.05) is 17.9 Å². The van der Waals surface area contributed by atoms with E-state index in [-0.39, 0.29) is 30.9 Å². The summed E-state index contributed by atoms with van der Waals surface area (Å²) in [6, 6.07) is 7.35. The van der Waals surface area contributed by atoms with Crippen molar-refractivity contribution in [3.63, 3.8) is 0 Å². The first-order chi connectivity index (χ1) is 13.8. The first kappa shape index (κ1) is 20.9. The number of ether oxygens (including phenoxy) is 2. The van der Waals surface area contributed by atoms with Crippen LogP contribution in [-0.4, -0.2) is 41.6 Å². The van der Waals surface area contributed by atoms with Crippen molar-refractivity contribution in [1.29, 1.82) is 0 Å². The summed E-state index contributed by atoms with van der Waals surface area (Å²) in [5, 5.41) is 5.10. The number of hydrogen-bond donors (Lipinski definition) is 2. The molecule has 0 amide bonds. The third-order valence-corrected chi connectivity index (χ3v) is 4.50. The molecule has 3 rings (SSSR count). The van der Waals surface area contributed by atoms with E-state index >= 15 is 0 Å². The standard InChI is InChI=1S/C17H17BrN6O4S/c1-11-8-20-17(21-9-11)28-7-6-27-16-14(12-2-4-13(18)5-3-12)15(22-10-23-16)24-29(19,25)26/h2-5,8-10H,6-7H2,1H3,(H2,19,25,26)(H,22,23,24). The van der Waals surface area contributed by atoms with Crippen LogP contribution in [0.3, 0.4) is 0 Å². The second kappa shape index (κ2) is 9.11. The molecule has 0 fully saturated rings. The number of rotatable bonds is 8. The fourth-order valence-electron chi connectivity index (χ4n) is 2.29. The van der Waals surface area contributed by atoms with Crippen molar-refractivity contribution in [2.45, 2.75) is 6.92 Å². The Balaban J connectivity index is 1.80. The van der Waals surface area contributed by atoms with E-state index in [9.17, 15) is 8.42 Å². The molecule has 0 saturated heterocycles. The Labute approximate surface area is 175 Å². The average Bonchev–Trinajstić information content (AvgIpc) is 2.66. The molecule has 29 heavy (non-hydrogen) atoms. The van der Waals surface area contributed by atoms with E-state index in [1.165, 1.54) is 6.33 Å². The Morgan fingerprint density at radius 1 is 1.03 bits per heavy atom. The van der Waals surface area contributed by atoms with Gasteiger partial charge in [0.1, 0.15) is 19.5 Å². The molecule has 0 saturated carbocycles. The maximum absolute atomic E-state index is 11.5. The summed E-state index contributed by atoms with van der Waals surface area (Å²) in [6.07, 6.45) is 4.46. The van der Waals surface area contributed by atoms with Gasteiger partial charge in [-0.25, -0.2) is 25.1 Å². The Morgan fingerprint density at radius 2 is 1.69 bits per heavy atom. The van der Waals surface area contributed by atoms with Gasteiger partial charge in [-0.05, 0) is 30.2 Å². The number of benzene rings is 1. The second-order valence-electron chi connectivity index (χ2n) is 5.80. The molecular weight excluding hydrogens is 464 g/mol. The number of hydrogen-bond acceptors (Lipinski definition) is 8. The molecule has 0 unspecified atom stereocenters. The van der Waals surface area contributed by atoms with Crippen LogP contribution in [0.5, 0.6) is 11.9 Å². The molecule has 2 aromatic heterocycles. The van der Waals surface area contributed by atoms with Crippen molar-refractivity contribution in [2.24, 2.45) is 5.14 Å². The van der Waals surface area contributed by atoms with Gasteiger partial charge in [-0.3, -0.25) is 4.72 Å². The SMILES string of the molecule is Cc1cnc(OCCOc2ncnc(NS(N)(=O)=O)c2-c2ccc(Br)cc2)nc1. The molecule has 0 radical (unpaired) electrons. The van der Waals surface area contributed by atoms with Gasteiger partial charge in [-0.1, -0.05) is 28.1 Å². The fourth-order valence-corrected chi connectivity index (χ4v) is 2.98. The van der Waals surface area contributed by atoms with Crippen LogP contribution in [0.15, 0.2) is 47.5 Å². The van der Waals surface area contributed by atoms with Crippen LogP contribution in [0.4, 0.5) is 5.82 Å². The highest BCUT2D eigenvalue weighted by atomic mass is 79.9. The van der Waals surface area contributed by atoms with E-state index in [1.807, 2.05) is 6.92 Å². The van der Waals surface area contributed by atoms with Crippen molar-refractivity contribution in [3.05, 3.63) is 53.0 Å². The van der Waals surface area contributed by atoms with E-state index in [0.717, 1.165) is 10.0 Å². The normalized spacial score (nSPS) is 11.1. The summed E-state index contributed by atoms with van der Waals surface area (Å²) in [5.74, 6) is 0.171. The van der Waals surface area contributed by atoms with Gasteiger partial charge < -0.3 is 9.47 Å². The van der Waals surface area contributed by atoms with E-state index in [0.29, 0.717) is 11.1 Å². The summed E-state index contributed by atoms with van der Waals surface area (Å²) >= 11 is 3.36. The van der Waals surface area contributed by atoms with Gasteiger partial charge in [0.05, 0.1) is 5.56 Å². The number of nitrogens with zero attached hydrogens (tertiary/aromatic N) is 4. The molecule has 2 heterocycles. The Hall–Kier alpha value is -2.83. The minimum absolute atomic E-state index is 0.00242. The van der Waals surface area contributed by atoms with Gasteiger partial charge in [0.25, 0.3) is 10.2 Å². The number of anilines is 1. The first-order valence-electron chi connectivity index (χ1n) is 8.27. The predicted molar refractivity (Wildman–Crippen MR) is 110 cm³/mol. The maximum atomic E-state index is 11.5. The second-order valence-corrected chi connectivity index (χ2v) is 8.01. The zero-order valence-corrected chi connectivity index (χ0v) is 17.6. The summed E-state index contributed by atoms with van der Waals surface area (Å²) < 4.78 is 37.2. The topological polar surface area (TPSA) is 142 Å². The van der Waals surface area contributed by atoms with Gasteiger partial charge >= 0.3 is 6.01 Å². The third kappa shape index (κ3) is 6.07. The summed E-state index contributed by atoms with van der Waals surface area (Å²) in [5.41, 5.74) is 1.90. The third-order valence-electron chi connectivity index (χ3n) is 3.49. The van der Waals surface area contributed by atoms with Crippen molar-refractivity contribution in [1.82, 2.24) is 19.9 Å². The predicted octanol–water partition coefficient (Wildman–Crippen LogP) is 2.08. The van der Waals surface area contributed by atoms with E-state index < -0.39 is 10.2 Å². The Morgan fingerprint density at radius 3 is 2.34 bits per heavy atom. The van der Waals surface area contributed by atoms with E-state index in [4.69, 9.17) is 14.6 Å². The largest absolute Gasteiger partial charge is 0.473 e. The van der Waals surface area contributed by atoms with Gasteiger partial charge in [0.2, 0.25) is 5.88 Å². The van der Waals surface area contributed by atoms with Crippen LogP contribution in [0.25, 0.3) is 11.1 Å². The molecule has 3 N–H and O–H groups in total. The average molecular weight is 481 g/mol. The van der Waals surface area contributed by atoms with Crippen molar-refractivity contribution in [3.8, 4) is 23.0 Å². The van der Waals surface area contributed by atoms with Crippen molar-refractivity contribution >= 4 is 32.0 Å². The van der Waals surface area contributed by atoms with E-state index in [1.54, 1.807) is 36.7 Å². The van der Waals surface area contributed by atoms with Crippen LogP contribution in [0, 0.1) is 6.92 Å². The molecule has 0 bridgehead atoms. The maximum Gasteiger partial charge on any atom is 0.316 e. The Kier molecular flexibility index (Phi) is 6.56. The molecule has 0 atom stereocenters. The molecule has 152 valence electrons. The molecule has 0 spiro atoms. The molecule has 0 aliphatic carbocycles. The molecule has 1 aromatic carbocycles. The Bertz CT molecular complexity index is 1080. The highest BCUT2D eigenvalue weighted by Crippen LogP contribution is 2.34. The minimum atomic E-state index is -4.04. The van der Waals surface area contributed by atoms with Crippen LogP contribution in [-0.2, 0) is 10.2 Å². The van der Waals surface area contributed by atoms with Gasteiger partial charge in [0, 0.05) is 16.9 Å². The molecule has 12 heteroatoms. The van der Waals surface area contributed by atoms with Crippen LogP contribution in [0.1, 0.15) is 5.56 Å². The highest BCUT2D eigenvalue weighted by molar-refractivity contribution is 9.10. The number of halogens is 1. The summed E-state index contributed by atoms with van der Waals surface area (Å²) in [7, 11) is -4.04. The van der Waals surface area contributed by atoms with Gasteiger partial charge in [-0.2, -0.15) is 8.42 Å². The number of aryl methyl sites for hydroxylation is 1. The summed E-state index contributed by atoms with van der Waals surface area (Å²) in [4.78, 5) is 16.2. The minimum Gasteiger partial charge on any atom is -0.473 e. The number of aromatic nitrogens is 4. The molecular formula is C17H17BrN6O4S. The molecule has 3 aromatic rings. The molecule has 0 aliphatic heterocycles. The number of nitrogens with one attached hydrogen (secondary N) is 1. The molecule has 10 nitrogen and oxygen atoms in total.